The van der Waals surface area contributed by atoms with E-state index in [0.29, 0.717) is 17.2 Å². The molecule has 0 bridgehead atoms. The van der Waals surface area contributed by atoms with E-state index in [1.165, 1.54) is 26.2 Å². The average Bonchev–Trinajstić information content (AvgIpc) is 2.30. The summed E-state index contributed by atoms with van der Waals surface area (Å²) < 4.78 is 0. The Morgan fingerprint density at radius 2 is 1.94 bits per heavy atom. The van der Waals surface area contributed by atoms with Gasteiger partial charge >= 0.3 is 0 Å². The number of benzene rings is 1. The molecule has 2 heteroatoms. The third-order valence-corrected chi connectivity index (χ3v) is 3.48. The van der Waals surface area contributed by atoms with Gasteiger partial charge in [0.05, 0.1) is 0 Å². The van der Waals surface area contributed by atoms with E-state index in [-0.39, 0.29) is 5.78 Å². The van der Waals surface area contributed by atoms with E-state index in [0.717, 1.165) is 18.4 Å². The van der Waals surface area contributed by atoms with Gasteiger partial charge in [-0.2, -0.15) is 0 Å². The first-order valence-electron chi connectivity index (χ1n) is 6.02. The van der Waals surface area contributed by atoms with Crippen LogP contribution in [-0.2, 0) is 0 Å². The van der Waals surface area contributed by atoms with Crippen molar-refractivity contribution in [1.29, 1.82) is 0 Å². The zero-order valence-electron chi connectivity index (χ0n) is 9.70. The molecule has 16 heavy (non-hydrogen) atoms. The van der Waals surface area contributed by atoms with E-state index in [1.807, 2.05) is 12.1 Å². The summed E-state index contributed by atoms with van der Waals surface area (Å²) in [6.07, 6.45) is 6.12. The summed E-state index contributed by atoms with van der Waals surface area (Å²) in [7, 11) is 0. The maximum atomic E-state index is 11.2. The van der Waals surface area contributed by atoms with Crippen LogP contribution in [-0.4, -0.2) is 10.9 Å². The first-order valence-corrected chi connectivity index (χ1v) is 6.02. The number of rotatable bonds is 2. The van der Waals surface area contributed by atoms with E-state index >= 15 is 0 Å². The van der Waals surface area contributed by atoms with Crippen LogP contribution < -0.4 is 0 Å². The van der Waals surface area contributed by atoms with E-state index < -0.39 is 0 Å². The normalized spacial score (nSPS) is 17.3. The summed E-state index contributed by atoms with van der Waals surface area (Å²) in [6, 6.07) is 5.35. The molecule has 86 valence electrons. The first-order chi connectivity index (χ1) is 7.68. The predicted octanol–water partition coefficient (Wildman–Crippen LogP) is 3.64. The molecule has 1 aromatic rings. The number of hydrogen-bond acceptors (Lipinski definition) is 2. The SMILES string of the molecule is CC(=O)c1ccc(C2CCCCC2)c(O)c1. The summed E-state index contributed by atoms with van der Waals surface area (Å²) in [6.45, 7) is 1.52. The molecule has 1 aliphatic carbocycles. The standard InChI is InChI=1S/C14H18O2/c1-10(15)12-7-8-13(14(16)9-12)11-5-3-2-4-6-11/h7-9,11,16H,2-6H2,1H3. The van der Waals surface area contributed by atoms with Crippen LogP contribution in [0.5, 0.6) is 5.75 Å². The monoisotopic (exact) mass is 218 g/mol. The minimum absolute atomic E-state index is 0.00509. The maximum Gasteiger partial charge on any atom is 0.159 e. The zero-order chi connectivity index (χ0) is 11.5. The molecule has 1 aromatic carbocycles. The molecule has 0 spiro atoms. The number of carbonyl (C=O) groups excluding carboxylic acids is 1. The van der Waals surface area contributed by atoms with Gasteiger partial charge in [-0.05, 0) is 37.3 Å². The van der Waals surface area contributed by atoms with Gasteiger partial charge in [0, 0.05) is 5.56 Å². The fraction of sp³-hybridized carbons (Fsp3) is 0.500. The van der Waals surface area contributed by atoms with Gasteiger partial charge in [0.1, 0.15) is 5.75 Å². The number of hydrogen-bond donors (Lipinski definition) is 1. The Morgan fingerprint density at radius 1 is 1.25 bits per heavy atom. The van der Waals surface area contributed by atoms with Crippen molar-refractivity contribution in [2.75, 3.05) is 0 Å². The van der Waals surface area contributed by atoms with E-state index in [4.69, 9.17) is 0 Å². The van der Waals surface area contributed by atoms with Crippen molar-refractivity contribution in [2.45, 2.75) is 44.9 Å². The molecule has 0 aliphatic heterocycles. The summed E-state index contributed by atoms with van der Waals surface area (Å²) in [5.41, 5.74) is 1.61. The highest BCUT2D eigenvalue weighted by atomic mass is 16.3. The van der Waals surface area contributed by atoms with E-state index in [9.17, 15) is 9.90 Å². The lowest BCUT2D eigenvalue weighted by Crippen LogP contribution is -2.05. The first kappa shape index (κ1) is 11.2. The van der Waals surface area contributed by atoms with Gasteiger partial charge in [0.15, 0.2) is 5.78 Å². The minimum atomic E-state index is 0.00509. The molecule has 0 atom stereocenters. The molecule has 2 rings (SSSR count). The summed E-state index contributed by atoms with van der Waals surface area (Å²) in [4.78, 5) is 11.2. The second kappa shape index (κ2) is 4.69. The van der Waals surface area contributed by atoms with Crippen molar-refractivity contribution < 1.29 is 9.90 Å². The Balaban J connectivity index is 2.24. The lowest BCUT2D eigenvalue weighted by atomic mass is 9.83. The van der Waals surface area contributed by atoms with E-state index in [2.05, 4.69) is 0 Å². The Labute approximate surface area is 96.3 Å². The fourth-order valence-electron chi connectivity index (χ4n) is 2.52. The molecule has 0 saturated heterocycles. The van der Waals surface area contributed by atoms with Crippen molar-refractivity contribution in [3.05, 3.63) is 29.3 Å². The summed E-state index contributed by atoms with van der Waals surface area (Å²) in [5.74, 6) is 0.778. The van der Waals surface area contributed by atoms with Crippen LogP contribution in [0.25, 0.3) is 0 Å². The highest BCUT2D eigenvalue weighted by molar-refractivity contribution is 5.94. The van der Waals surface area contributed by atoms with Gasteiger partial charge in [-0.25, -0.2) is 0 Å². The van der Waals surface area contributed by atoms with E-state index in [1.54, 1.807) is 6.07 Å². The third kappa shape index (κ3) is 2.26. The number of Topliss-reactive ketones (excluding diaryl/α,β-unsaturated/α-hetero) is 1. The maximum absolute atomic E-state index is 11.2. The summed E-state index contributed by atoms with van der Waals surface area (Å²) in [5, 5.41) is 9.94. The Hall–Kier alpha value is -1.31. The molecule has 0 radical (unpaired) electrons. The predicted molar refractivity (Wildman–Crippen MR) is 63.9 cm³/mol. The van der Waals surface area contributed by atoms with Crippen LogP contribution in [0.1, 0.15) is 60.9 Å². The van der Waals surface area contributed by atoms with Crippen LogP contribution in [0.15, 0.2) is 18.2 Å². The molecule has 0 aromatic heterocycles. The Kier molecular flexibility index (Phi) is 3.28. The summed E-state index contributed by atoms with van der Waals surface area (Å²) >= 11 is 0. The zero-order valence-corrected chi connectivity index (χ0v) is 9.70. The quantitative estimate of drug-likeness (QED) is 0.769. The fourth-order valence-corrected chi connectivity index (χ4v) is 2.52. The van der Waals surface area contributed by atoms with Gasteiger partial charge in [-0.3, -0.25) is 4.79 Å². The molecular weight excluding hydrogens is 200 g/mol. The van der Waals surface area contributed by atoms with Crippen LogP contribution in [0, 0.1) is 0 Å². The minimum Gasteiger partial charge on any atom is -0.508 e. The molecule has 2 nitrogen and oxygen atoms in total. The molecular formula is C14H18O2. The van der Waals surface area contributed by atoms with Gasteiger partial charge in [-0.1, -0.05) is 31.4 Å². The Morgan fingerprint density at radius 3 is 2.50 bits per heavy atom. The molecule has 1 aliphatic rings. The molecule has 1 saturated carbocycles. The van der Waals surface area contributed by atoms with Crippen molar-refractivity contribution in [2.24, 2.45) is 0 Å². The number of phenolic OH excluding ortho intramolecular Hbond substituents is 1. The molecule has 1 N–H and O–H groups in total. The van der Waals surface area contributed by atoms with Gasteiger partial charge < -0.3 is 5.11 Å². The molecule has 1 fully saturated rings. The van der Waals surface area contributed by atoms with Gasteiger partial charge in [0.25, 0.3) is 0 Å². The lowest BCUT2D eigenvalue weighted by molar-refractivity contribution is 0.101. The van der Waals surface area contributed by atoms with Crippen molar-refractivity contribution in [3.63, 3.8) is 0 Å². The van der Waals surface area contributed by atoms with Gasteiger partial charge in [-0.15, -0.1) is 0 Å². The Bertz CT molecular complexity index is 390. The second-order valence-corrected chi connectivity index (χ2v) is 4.66. The molecule has 0 amide bonds. The molecule has 0 heterocycles. The third-order valence-electron chi connectivity index (χ3n) is 3.48. The largest absolute Gasteiger partial charge is 0.508 e. The van der Waals surface area contributed by atoms with Crippen LogP contribution in [0.4, 0.5) is 0 Å². The second-order valence-electron chi connectivity index (χ2n) is 4.66. The highest BCUT2D eigenvalue weighted by Crippen LogP contribution is 2.37. The highest BCUT2D eigenvalue weighted by Gasteiger charge is 2.18. The van der Waals surface area contributed by atoms with Crippen LogP contribution in [0.3, 0.4) is 0 Å². The molecule has 0 unspecified atom stereocenters. The van der Waals surface area contributed by atoms with Crippen molar-refractivity contribution in [3.8, 4) is 5.75 Å². The lowest BCUT2D eigenvalue weighted by Gasteiger charge is -2.22. The van der Waals surface area contributed by atoms with Crippen LogP contribution >= 0.6 is 0 Å². The van der Waals surface area contributed by atoms with Crippen LogP contribution in [0.2, 0.25) is 0 Å². The number of ketones is 1. The number of phenols is 1. The van der Waals surface area contributed by atoms with Crippen molar-refractivity contribution >= 4 is 5.78 Å². The van der Waals surface area contributed by atoms with Crippen molar-refractivity contribution in [1.82, 2.24) is 0 Å². The number of carbonyl (C=O) groups is 1. The topological polar surface area (TPSA) is 37.3 Å². The van der Waals surface area contributed by atoms with Gasteiger partial charge in [0.2, 0.25) is 0 Å². The smallest absolute Gasteiger partial charge is 0.159 e. The average molecular weight is 218 g/mol. The number of aromatic hydroxyl groups is 1.